The van der Waals surface area contributed by atoms with Gasteiger partial charge in [0.15, 0.2) is 11.6 Å². The molecule has 2 rings (SSSR count). The molecule has 0 aliphatic carbocycles. The van der Waals surface area contributed by atoms with E-state index in [1.807, 2.05) is 28.8 Å². The fourth-order valence-corrected chi connectivity index (χ4v) is 1.92. The van der Waals surface area contributed by atoms with Gasteiger partial charge in [-0.2, -0.15) is 0 Å². The largest absolute Gasteiger partial charge is 0.319 e. The molecule has 3 nitrogen and oxygen atoms in total. The molecule has 0 amide bonds. The van der Waals surface area contributed by atoms with E-state index in [-0.39, 0.29) is 5.78 Å². The first kappa shape index (κ1) is 10.9. The van der Waals surface area contributed by atoms with E-state index in [2.05, 4.69) is 18.8 Å². The Morgan fingerprint density at radius 3 is 2.75 bits per heavy atom. The molecular formula is C13H16N2O. The van der Waals surface area contributed by atoms with Gasteiger partial charge in [-0.3, -0.25) is 4.79 Å². The first-order valence-electron chi connectivity index (χ1n) is 5.63. The van der Waals surface area contributed by atoms with E-state index in [0.29, 0.717) is 11.9 Å². The number of hydrogen-bond acceptors (Lipinski definition) is 2. The number of benzene rings is 1. The second-order valence-corrected chi connectivity index (χ2v) is 4.11. The minimum atomic E-state index is 0.0245. The van der Waals surface area contributed by atoms with Crippen molar-refractivity contribution in [2.75, 3.05) is 0 Å². The van der Waals surface area contributed by atoms with E-state index in [1.165, 1.54) is 0 Å². The highest BCUT2D eigenvalue weighted by atomic mass is 16.1. The van der Waals surface area contributed by atoms with Gasteiger partial charge in [-0.25, -0.2) is 4.98 Å². The van der Waals surface area contributed by atoms with Gasteiger partial charge in [0, 0.05) is 13.0 Å². The van der Waals surface area contributed by atoms with Crippen LogP contribution in [0, 0.1) is 0 Å². The predicted octanol–water partition coefficient (Wildman–Crippen LogP) is 3.21. The van der Waals surface area contributed by atoms with Crippen molar-refractivity contribution in [3.63, 3.8) is 0 Å². The van der Waals surface area contributed by atoms with Crippen molar-refractivity contribution < 1.29 is 4.79 Å². The zero-order valence-electron chi connectivity index (χ0n) is 9.90. The molecule has 0 aliphatic rings. The predicted molar refractivity (Wildman–Crippen MR) is 64.7 cm³/mol. The van der Waals surface area contributed by atoms with Crippen LogP contribution >= 0.6 is 0 Å². The Hall–Kier alpha value is -1.64. The summed E-state index contributed by atoms with van der Waals surface area (Å²) in [4.78, 5) is 16.0. The molecule has 0 N–H and O–H groups in total. The van der Waals surface area contributed by atoms with Crippen molar-refractivity contribution in [1.29, 1.82) is 0 Å². The average molecular weight is 216 g/mol. The Morgan fingerprint density at radius 2 is 2.12 bits per heavy atom. The van der Waals surface area contributed by atoms with E-state index in [0.717, 1.165) is 17.5 Å². The van der Waals surface area contributed by atoms with Gasteiger partial charge in [0.05, 0.1) is 11.0 Å². The molecule has 0 radical (unpaired) electrons. The third-order valence-electron chi connectivity index (χ3n) is 2.94. The maximum absolute atomic E-state index is 11.6. The Labute approximate surface area is 95.1 Å². The Balaban J connectivity index is 2.74. The van der Waals surface area contributed by atoms with Gasteiger partial charge in [-0.05, 0) is 25.5 Å². The van der Waals surface area contributed by atoms with Crippen molar-refractivity contribution in [2.45, 2.75) is 33.2 Å². The smallest absolute Gasteiger partial charge is 0.195 e. The molecule has 2 aromatic rings. The molecule has 1 aromatic heterocycles. The van der Waals surface area contributed by atoms with Crippen molar-refractivity contribution >= 4 is 16.8 Å². The minimum Gasteiger partial charge on any atom is -0.319 e. The number of ketones is 1. The summed E-state index contributed by atoms with van der Waals surface area (Å²) in [6, 6.07) is 8.18. The summed E-state index contributed by atoms with van der Waals surface area (Å²) in [6.07, 6.45) is 0.987. The van der Waals surface area contributed by atoms with Gasteiger partial charge in [0.25, 0.3) is 0 Å². The Bertz CT molecular complexity index is 528. The molecule has 0 saturated heterocycles. The molecule has 1 heterocycles. The zero-order chi connectivity index (χ0) is 11.7. The Kier molecular flexibility index (Phi) is 2.77. The third-order valence-corrected chi connectivity index (χ3v) is 2.94. The lowest BCUT2D eigenvalue weighted by Crippen LogP contribution is -2.11. The number of nitrogens with zero attached hydrogens (tertiary/aromatic N) is 2. The summed E-state index contributed by atoms with van der Waals surface area (Å²) in [6.45, 7) is 5.80. The quantitative estimate of drug-likeness (QED) is 0.738. The van der Waals surface area contributed by atoms with Gasteiger partial charge in [0.2, 0.25) is 0 Å². The van der Waals surface area contributed by atoms with Crippen LogP contribution in [0.4, 0.5) is 0 Å². The van der Waals surface area contributed by atoms with E-state index in [9.17, 15) is 4.79 Å². The molecule has 0 saturated carbocycles. The highest BCUT2D eigenvalue weighted by Crippen LogP contribution is 2.22. The summed E-state index contributed by atoms with van der Waals surface area (Å²) in [5.41, 5.74) is 1.94. The van der Waals surface area contributed by atoms with Gasteiger partial charge in [-0.1, -0.05) is 19.1 Å². The second kappa shape index (κ2) is 4.08. The van der Waals surface area contributed by atoms with Crippen molar-refractivity contribution in [1.82, 2.24) is 9.55 Å². The molecule has 1 aromatic carbocycles. The number of fused-ring (bicyclic) bond motifs is 1. The second-order valence-electron chi connectivity index (χ2n) is 4.11. The fourth-order valence-electron chi connectivity index (χ4n) is 1.92. The average Bonchev–Trinajstić information content (AvgIpc) is 2.67. The summed E-state index contributed by atoms with van der Waals surface area (Å²) in [5, 5.41) is 0. The number of carbonyl (C=O) groups is 1. The topological polar surface area (TPSA) is 34.9 Å². The maximum atomic E-state index is 11.6. The van der Waals surface area contributed by atoms with Crippen LogP contribution in [0.15, 0.2) is 24.3 Å². The maximum Gasteiger partial charge on any atom is 0.195 e. The molecule has 0 unspecified atom stereocenters. The van der Waals surface area contributed by atoms with Crippen LogP contribution in [-0.2, 0) is 0 Å². The Morgan fingerprint density at radius 1 is 1.44 bits per heavy atom. The molecule has 0 fully saturated rings. The van der Waals surface area contributed by atoms with Gasteiger partial charge < -0.3 is 4.57 Å². The molecule has 16 heavy (non-hydrogen) atoms. The van der Waals surface area contributed by atoms with E-state index >= 15 is 0 Å². The van der Waals surface area contributed by atoms with Gasteiger partial charge in [0.1, 0.15) is 0 Å². The zero-order valence-corrected chi connectivity index (χ0v) is 9.90. The summed E-state index contributed by atoms with van der Waals surface area (Å²) in [5.74, 6) is 0.590. The standard InChI is InChI=1S/C13H16N2O/c1-4-9(2)15-12-8-6-5-7-11(12)14-13(15)10(3)16/h5-9H,4H2,1-3H3/t9-/m1/s1. The fraction of sp³-hybridized carbons (Fsp3) is 0.385. The highest BCUT2D eigenvalue weighted by Gasteiger charge is 2.16. The normalized spacial score (nSPS) is 12.9. The molecule has 0 bridgehead atoms. The summed E-state index contributed by atoms with van der Waals surface area (Å²) < 4.78 is 2.04. The molecule has 1 atom stereocenters. The number of para-hydroxylation sites is 2. The monoisotopic (exact) mass is 216 g/mol. The van der Waals surface area contributed by atoms with Crippen LogP contribution in [0.2, 0.25) is 0 Å². The molecule has 0 spiro atoms. The number of rotatable bonds is 3. The lowest BCUT2D eigenvalue weighted by atomic mass is 10.2. The number of imidazole rings is 1. The van der Waals surface area contributed by atoms with Crippen LogP contribution in [0.5, 0.6) is 0 Å². The molecule has 84 valence electrons. The van der Waals surface area contributed by atoms with Crippen LogP contribution < -0.4 is 0 Å². The van der Waals surface area contributed by atoms with E-state index in [1.54, 1.807) is 6.92 Å². The molecular weight excluding hydrogens is 200 g/mol. The summed E-state index contributed by atoms with van der Waals surface area (Å²) >= 11 is 0. The molecule has 3 heteroatoms. The van der Waals surface area contributed by atoms with Crippen LogP contribution in [0.1, 0.15) is 43.9 Å². The number of aromatic nitrogens is 2. The van der Waals surface area contributed by atoms with Crippen LogP contribution in [0.25, 0.3) is 11.0 Å². The van der Waals surface area contributed by atoms with Crippen LogP contribution in [0.3, 0.4) is 0 Å². The number of carbonyl (C=O) groups excluding carboxylic acids is 1. The summed E-state index contributed by atoms with van der Waals surface area (Å²) in [7, 11) is 0. The first-order valence-corrected chi connectivity index (χ1v) is 5.63. The van der Waals surface area contributed by atoms with Crippen molar-refractivity contribution in [2.24, 2.45) is 0 Å². The van der Waals surface area contributed by atoms with Gasteiger partial charge in [-0.15, -0.1) is 0 Å². The lowest BCUT2D eigenvalue weighted by Gasteiger charge is -2.14. The SMILES string of the molecule is CC[C@@H](C)n1c(C(C)=O)nc2ccccc21. The van der Waals surface area contributed by atoms with E-state index in [4.69, 9.17) is 0 Å². The minimum absolute atomic E-state index is 0.0245. The number of Topliss-reactive ketones (excluding diaryl/α,β-unsaturated/α-hetero) is 1. The van der Waals surface area contributed by atoms with Crippen molar-refractivity contribution in [3.05, 3.63) is 30.1 Å². The van der Waals surface area contributed by atoms with Crippen LogP contribution in [-0.4, -0.2) is 15.3 Å². The van der Waals surface area contributed by atoms with Gasteiger partial charge >= 0.3 is 0 Å². The first-order chi connectivity index (χ1) is 7.65. The third kappa shape index (κ3) is 1.62. The van der Waals surface area contributed by atoms with Crippen molar-refractivity contribution in [3.8, 4) is 0 Å². The number of hydrogen-bond donors (Lipinski definition) is 0. The lowest BCUT2D eigenvalue weighted by molar-refractivity contribution is 0.0998. The van der Waals surface area contributed by atoms with E-state index < -0.39 is 0 Å². The highest BCUT2D eigenvalue weighted by molar-refractivity contribution is 5.94. The molecule has 0 aliphatic heterocycles.